The second-order valence-corrected chi connectivity index (χ2v) is 4.86. The normalized spacial score (nSPS) is 11.9. The smallest absolute Gasteiger partial charge is 0.344 e. The van der Waals surface area contributed by atoms with Gasteiger partial charge in [0.2, 0.25) is 0 Å². The molecule has 0 unspecified atom stereocenters. The van der Waals surface area contributed by atoms with E-state index in [1.807, 2.05) is 0 Å². The number of nitrogens with zero attached hydrogens (tertiary/aromatic N) is 1. The van der Waals surface area contributed by atoms with Crippen molar-refractivity contribution in [3.63, 3.8) is 0 Å². The van der Waals surface area contributed by atoms with E-state index < -0.39 is 29.6 Å². The second-order valence-electron chi connectivity index (χ2n) is 4.86. The van der Waals surface area contributed by atoms with E-state index in [-0.39, 0.29) is 17.0 Å². The van der Waals surface area contributed by atoms with Crippen LogP contribution in [-0.4, -0.2) is 23.1 Å². The van der Waals surface area contributed by atoms with Gasteiger partial charge in [-0.3, -0.25) is 4.79 Å². The summed E-state index contributed by atoms with van der Waals surface area (Å²) in [6.45, 7) is 4.47. The maximum absolute atomic E-state index is 13.1. The Bertz CT molecular complexity index is 738. The number of anilines is 1. The summed E-state index contributed by atoms with van der Waals surface area (Å²) in [5, 5.41) is 5.95. The maximum atomic E-state index is 13.1. The first-order valence-electron chi connectivity index (χ1n) is 6.69. The number of ether oxygens (including phenoxy) is 1. The lowest BCUT2D eigenvalue weighted by Crippen LogP contribution is -2.30. The van der Waals surface area contributed by atoms with E-state index in [1.165, 1.54) is 13.0 Å². The van der Waals surface area contributed by atoms with Crippen molar-refractivity contribution in [3.05, 3.63) is 46.9 Å². The number of carbonyl (C=O) groups is 2. The van der Waals surface area contributed by atoms with Crippen LogP contribution in [0.3, 0.4) is 0 Å². The molecular weight excluding hydrogens is 310 g/mol. The molecule has 0 bridgehead atoms. The predicted molar refractivity (Wildman–Crippen MR) is 75.8 cm³/mol. The molecular formula is C15H14F2N2O4. The molecule has 0 saturated carbocycles. The molecule has 2 rings (SSSR count). The van der Waals surface area contributed by atoms with Gasteiger partial charge in [0, 0.05) is 11.8 Å². The number of nitrogens with one attached hydrogen (secondary N) is 1. The van der Waals surface area contributed by atoms with Crippen LogP contribution in [0.15, 0.2) is 22.7 Å². The van der Waals surface area contributed by atoms with Gasteiger partial charge in [0.05, 0.1) is 5.69 Å². The molecule has 0 aliphatic carbocycles. The molecule has 122 valence electrons. The Balaban J connectivity index is 2.02. The van der Waals surface area contributed by atoms with Gasteiger partial charge >= 0.3 is 5.97 Å². The van der Waals surface area contributed by atoms with Crippen LogP contribution in [0, 0.1) is 25.5 Å². The molecule has 8 heteroatoms. The van der Waals surface area contributed by atoms with Crippen LogP contribution >= 0.6 is 0 Å². The lowest BCUT2D eigenvalue weighted by Gasteiger charge is -2.13. The van der Waals surface area contributed by atoms with Crippen molar-refractivity contribution in [2.45, 2.75) is 26.9 Å². The molecule has 6 nitrogen and oxygen atoms in total. The van der Waals surface area contributed by atoms with E-state index in [9.17, 15) is 18.4 Å². The Morgan fingerprint density at radius 3 is 2.52 bits per heavy atom. The van der Waals surface area contributed by atoms with Gasteiger partial charge in [-0.15, -0.1) is 0 Å². The van der Waals surface area contributed by atoms with E-state index >= 15 is 0 Å². The van der Waals surface area contributed by atoms with Gasteiger partial charge < -0.3 is 14.6 Å². The SMILES string of the molecule is Cc1noc(C)c1C(=O)O[C@H](C)C(=O)Nc1ccc(F)c(F)c1. The zero-order chi connectivity index (χ0) is 17.1. The summed E-state index contributed by atoms with van der Waals surface area (Å²) in [6, 6.07) is 2.90. The highest BCUT2D eigenvalue weighted by atomic mass is 19.2. The molecule has 0 aliphatic rings. The first-order chi connectivity index (χ1) is 10.8. The summed E-state index contributed by atoms with van der Waals surface area (Å²) in [6.07, 6.45) is -1.15. The van der Waals surface area contributed by atoms with Crippen molar-refractivity contribution in [1.29, 1.82) is 0 Å². The van der Waals surface area contributed by atoms with E-state index in [0.29, 0.717) is 5.69 Å². The Morgan fingerprint density at radius 1 is 1.26 bits per heavy atom. The number of hydrogen-bond donors (Lipinski definition) is 1. The molecule has 0 fully saturated rings. The summed E-state index contributed by atoms with van der Waals surface area (Å²) in [5.74, 6) is -3.28. The molecule has 1 heterocycles. The lowest BCUT2D eigenvalue weighted by atomic mass is 10.2. The molecule has 2 aromatic rings. The molecule has 1 amide bonds. The van der Waals surface area contributed by atoms with Gasteiger partial charge in [-0.25, -0.2) is 13.6 Å². The predicted octanol–water partition coefficient (Wildman–Crippen LogP) is 2.75. The number of halogens is 2. The monoisotopic (exact) mass is 324 g/mol. The Hall–Kier alpha value is -2.77. The number of hydrogen-bond acceptors (Lipinski definition) is 5. The van der Waals surface area contributed by atoms with Crippen molar-refractivity contribution in [1.82, 2.24) is 5.16 Å². The van der Waals surface area contributed by atoms with Crippen LogP contribution in [0.5, 0.6) is 0 Å². The van der Waals surface area contributed by atoms with Crippen molar-refractivity contribution in [2.75, 3.05) is 5.32 Å². The second kappa shape index (κ2) is 6.55. The van der Waals surface area contributed by atoms with Gasteiger partial charge in [-0.2, -0.15) is 0 Å². The molecule has 1 aromatic carbocycles. The van der Waals surface area contributed by atoms with Crippen LogP contribution < -0.4 is 5.32 Å². The standard InChI is InChI=1S/C15H14F2N2O4/c1-7-13(8(2)23-19-7)15(21)22-9(3)14(20)18-10-4-5-11(16)12(17)6-10/h4-6,9H,1-3H3,(H,18,20)/t9-/m1/s1. The third-order valence-electron chi connectivity index (χ3n) is 3.08. The Labute approximate surface area is 130 Å². The van der Waals surface area contributed by atoms with Gasteiger partial charge in [0.25, 0.3) is 5.91 Å². The maximum Gasteiger partial charge on any atom is 0.344 e. The molecule has 0 radical (unpaired) electrons. The number of rotatable bonds is 4. The van der Waals surface area contributed by atoms with Crippen LogP contribution in [0.25, 0.3) is 0 Å². The molecule has 1 atom stereocenters. The topological polar surface area (TPSA) is 81.4 Å². The summed E-state index contributed by atoms with van der Waals surface area (Å²) in [4.78, 5) is 23.9. The summed E-state index contributed by atoms with van der Waals surface area (Å²) in [5.41, 5.74) is 0.548. The fourth-order valence-corrected chi connectivity index (χ4v) is 1.87. The van der Waals surface area contributed by atoms with E-state index in [4.69, 9.17) is 9.26 Å². The third-order valence-corrected chi connectivity index (χ3v) is 3.08. The number of benzene rings is 1. The van der Waals surface area contributed by atoms with E-state index in [0.717, 1.165) is 12.1 Å². The van der Waals surface area contributed by atoms with Crippen LogP contribution in [0.2, 0.25) is 0 Å². The number of aryl methyl sites for hydroxylation is 2. The number of amides is 1. The minimum absolute atomic E-state index is 0.0501. The zero-order valence-electron chi connectivity index (χ0n) is 12.6. The Morgan fingerprint density at radius 2 is 1.96 bits per heavy atom. The van der Waals surface area contributed by atoms with Gasteiger partial charge in [-0.1, -0.05) is 5.16 Å². The highest BCUT2D eigenvalue weighted by Crippen LogP contribution is 2.16. The molecule has 1 aromatic heterocycles. The largest absolute Gasteiger partial charge is 0.449 e. The molecule has 23 heavy (non-hydrogen) atoms. The third kappa shape index (κ3) is 3.71. The molecule has 0 spiro atoms. The van der Waals surface area contributed by atoms with Gasteiger partial charge in [-0.05, 0) is 32.9 Å². The lowest BCUT2D eigenvalue weighted by molar-refractivity contribution is -0.123. The molecule has 1 N–H and O–H groups in total. The minimum Gasteiger partial charge on any atom is -0.449 e. The van der Waals surface area contributed by atoms with Crippen molar-refractivity contribution in [3.8, 4) is 0 Å². The first-order valence-corrected chi connectivity index (χ1v) is 6.69. The van der Waals surface area contributed by atoms with E-state index in [1.54, 1.807) is 13.8 Å². The van der Waals surface area contributed by atoms with Crippen molar-refractivity contribution in [2.24, 2.45) is 0 Å². The Kier molecular flexibility index (Phi) is 4.73. The highest BCUT2D eigenvalue weighted by molar-refractivity contribution is 5.97. The quantitative estimate of drug-likeness (QED) is 0.875. The number of carbonyl (C=O) groups excluding carboxylic acids is 2. The van der Waals surface area contributed by atoms with Crippen LogP contribution in [0.4, 0.5) is 14.5 Å². The van der Waals surface area contributed by atoms with Gasteiger partial charge in [0.1, 0.15) is 11.3 Å². The summed E-state index contributed by atoms with van der Waals surface area (Å²) in [7, 11) is 0. The molecule has 0 aliphatic heterocycles. The first kappa shape index (κ1) is 16.6. The van der Waals surface area contributed by atoms with Gasteiger partial charge in [0.15, 0.2) is 17.7 Å². The molecule has 0 saturated heterocycles. The van der Waals surface area contributed by atoms with Crippen molar-refractivity contribution >= 4 is 17.6 Å². The zero-order valence-corrected chi connectivity index (χ0v) is 12.6. The number of esters is 1. The average Bonchev–Trinajstić information content (AvgIpc) is 2.82. The van der Waals surface area contributed by atoms with Crippen LogP contribution in [-0.2, 0) is 9.53 Å². The van der Waals surface area contributed by atoms with Crippen molar-refractivity contribution < 1.29 is 27.6 Å². The summed E-state index contributed by atoms with van der Waals surface area (Å²) < 4.78 is 35.8. The average molecular weight is 324 g/mol. The van der Waals surface area contributed by atoms with E-state index in [2.05, 4.69) is 10.5 Å². The fourth-order valence-electron chi connectivity index (χ4n) is 1.87. The number of aromatic nitrogens is 1. The highest BCUT2D eigenvalue weighted by Gasteiger charge is 2.24. The summed E-state index contributed by atoms with van der Waals surface area (Å²) >= 11 is 0. The van der Waals surface area contributed by atoms with Crippen LogP contribution in [0.1, 0.15) is 28.7 Å². The minimum atomic E-state index is -1.15. The fraction of sp³-hybridized carbons (Fsp3) is 0.267.